The summed E-state index contributed by atoms with van der Waals surface area (Å²) in [4.78, 5) is 0. The minimum Gasteiger partial charge on any atom is -0.505 e. The van der Waals surface area contributed by atoms with E-state index in [-0.39, 0.29) is 23.2 Å². The van der Waals surface area contributed by atoms with Gasteiger partial charge in [-0.3, -0.25) is 0 Å². The Balaban J connectivity index is 4.76. The summed E-state index contributed by atoms with van der Waals surface area (Å²) >= 11 is 0. The van der Waals surface area contributed by atoms with Crippen LogP contribution in [0.3, 0.4) is 0 Å². The maximum absolute atomic E-state index is 14.0. The topological polar surface area (TPSA) is 29.5 Å². The van der Waals surface area contributed by atoms with Gasteiger partial charge in [-0.05, 0) is 24.3 Å². The third-order valence-electron chi connectivity index (χ3n) is 3.66. The Morgan fingerprint density at radius 3 is 2.15 bits per heavy atom. The molecule has 1 N–H and O–H groups in total. The van der Waals surface area contributed by atoms with E-state index in [0.29, 0.717) is 18.4 Å². The fourth-order valence-electron chi connectivity index (χ4n) is 1.80. The molecule has 2 nitrogen and oxygen atoms in total. The van der Waals surface area contributed by atoms with Crippen molar-refractivity contribution in [3.05, 3.63) is 72.5 Å². The van der Waals surface area contributed by atoms with Crippen molar-refractivity contribution in [2.24, 2.45) is 11.8 Å². The van der Waals surface area contributed by atoms with Gasteiger partial charge in [0, 0.05) is 12.0 Å². The molecule has 0 aliphatic carbocycles. The van der Waals surface area contributed by atoms with E-state index in [2.05, 4.69) is 38.2 Å². The van der Waals surface area contributed by atoms with Gasteiger partial charge in [0.25, 0.3) is 0 Å². The van der Waals surface area contributed by atoms with E-state index in [9.17, 15) is 13.2 Å². The molecule has 0 aliphatic rings. The number of ether oxygens (including phenoxy) is 1. The van der Waals surface area contributed by atoms with Gasteiger partial charge in [0.15, 0.2) is 5.83 Å². The summed E-state index contributed by atoms with van der Waals surface area (Å²) in [5, 5.41) is 8.82. The van der Waals surface area contributed by atoms with Crippen molar-refractivity contribution in [1.82, 2.24) is 0 Å². The van der Waals surface area contributed by atoms with E-state index in [4.69, 9.17) is 9.84 Å². The Kier molecular flexibility index (Phi) is 9.98. The zero-order chi connectivity index (χ0) is 20.4. The molecular formula is C21H25F3O2. The molecule has 142 valence electrons. The lowest BCUT2D eigenvalue weighted by Gasteiger charge is -2.14. The number of methoxy groups -OCH3 is 1. The van der Waals surface area contributed by atoms with Crippen molar-refractivity contribution in [2.75, 3.05) is 7.11 Å². The molecular weight excluding hydrogens is 341 g/mol. The molecule has 0 saturated carbocycles. The molecule has 0 aliphatic heterocycles. The van der Waals surface area contributed by atoms with Crippen molar-refractivity contribution in [3.63, 3.8) is 0 Å². The van der Waals surface area contributed by atoms with Crippen LogP contribution in [0.5, 0.6) is 0 Å². The van der Waals surface area contributed by atoms with Crippen LogP contribution in [0.25, 0.3) is 0 Å². The van der Waals surface area contributed by atoms with Crippen LogP contribution >= 0.6 is 0 Å². The second-order valence-electron chi connectivity index (χ2n) is 5.89. The van der Waals surface area contributed by atoms with Gasteiger partial charge >= 0.3 is 0 Å². The van der Waals surface area contributed by atoms with Gasteiger partial charge in [-0.1, -0.05) is 52.0 Å². The number of aliphatic hydroxyl groups is 1. The minimum atomic E-state index is -1.48. The van der Waals surface area contributed by atoms with Crippen molar-refractivity contribution in [2.45, 2.75) is 26.7 Å². The first-order chi connectivity index (χ1) is 12.0. The van der Waals surface area contributed by atoms with Gasteiger partial charge in [0.2, 0.25) is 5.83 Å². The Labute approximate surface area is 153 Å². The lowest BCUT2D eigenvalue weighted by molar-refractivity contribution is 0.307. The highest BCUT2D eigenvalue weighted by Crippen LogP contribution is 2.26. The standard InChI is InChI=1S/C21H25F3O2/c1-13(9-11-15(3)20(23)21(24)18(6)25)8-10-14(2)17(5)19(22)12-16(4)26-7/h12-14,25H,3-6,8,10H2,1-2,7H3/b19-12+,21-20-. The predicted octanol–water partition coefficient (Wildman–Crippen LogP) is 6.39. The molecule has 2 unspecified atom stereocenters. The highest BCUT2D eigenvalue weighted by atomic mass is 19.2. The van der Waals surface area contributed by atoms with Gasteiger partial charge in [-0.2, -0.15) is 4.39 Å². The monoisotopic (exact) mass is 366 g/mol. The number of aliphatic hydroxyl groups excluding tert-OH is 1. The molecule has 0 heterocycles. The largest absolute Gasteiger partial charge is 0.505 e. The van der Waals surface area contributed by atoms with Crippen LogP contribution in [0.2, 0.25) is 0 Å². The fourth-order valence-corrected chi connectivity index (χ4v) is 1.80. The molecule has 0 rings (SSSR count). The van der Waals surface area contributed by atoms with Crippen LogP contribution in [0.4, 0.5) is 13.2 Å². The highest BCUT2D eigenvalue weighted by Gasteiger charge is 2.14. The van der Waals surface area contributed by atoms with Crippen molar-refractivity contribution in [3.8, 4) is 11.8 Å². The van der Waals surface area contributed by atoms with E-state index in [1.54, 1.807) is 6.92 Å². The van der Waals surface area contributed by atoms with Gasteiger partial charge in [0.05, 0.1) is 12.7 Å². The maximum atomic E-state index is 14.0. The Morgan fingerprint density at radius 2 is 1.65 bits per heavy atom. The number of hydrogen-bond acceptors (Lipinski definition) is 2. The Morgan fingerprint density at radius 1 is 1.08 bits per heavy atom. The highest BCUT2D eigenvalue weighted by molar-refractivity contribution is 5.44. The molecule has 0 spiro atoms. The van der Waals surface area contributed by atoms with E-state index in [1.165, 1.54) is 13.2 Å². The van der Waals surface area contributed by atoms with Crippen LogP contribution in [-0.4, -0.2) is 12.2 Å². The summed E-state index contributed by atoms with van der Waals surface area (Å²) in [6.07, 6.45) is 2.37. The van der Waals surface area contributed by atoms with E-state index < -0.39 is 23.2 Å². The molecule has 0 radical (unpaired) electrons. The SMILES string of the molecule is C=C(/C=C(/F)C(=C)C(C)CCC(C)C#CC(=C)/C(F)=C(/F)C(=C)O)OC. The number of rotatable bonds is 9. The summed E-state index contributed by atoms with van der Waals surface area (Å²) in [6, 6.07) is 0. The predicted molar refractivity (Wildman–Crippen MR) is 100.0 cm³/mol. The minimum absolute atomic E-state index is 0.143. The second kappa shape index (κ2) is 11.1. The summed E-state index contributed by atoms with van der Waals surface area (Å²) < 4.78 is 45.5. The van der Waals surface area contributed by atoms with Gasteiger partial charge in [-0.15, -0.1) is 0 Å². The first-order valence-corrected chi connectivity index (χ1v) is 7.94. The molecule has 0 amide bonds. The third kappa shape index (κ3) is 7.98. The number of hydrogen-bond donors (Lipinski definition) is 1. The molecule has 0 aromatic carbocycles. The number of allylic oxidation sites excluding steroid dienone is 6. The average Bonchev–Trinajstić information content (AvgIpc) is 2.61. The van der Waals surface area contributed by atoms with E-state index in [1.807, 2.05) is 6.92 Å². The summed E-state index contributed by atoms with van der Waals surface area (Å²) in [6.45, 7) is 17.1. The molecule has 26 heavy (non-hydrogen) atoms. The molecule has 0 saturated heterocycles. The third-order valence-corrected chi connectivity index (χ3v) is 3.66. The van der Waals surface area contributed by atoms with Crippen LogP contribution < -0.4 is 0 Å². The Hall–Kier alpha value is -2.61. The zero-order valence-corrected chi connectivity index (χ0v) is 15.5. The summed E-state index contributed by atoms with van der Waals surface area (Å²) in [7, 11) is 1.40. The van der Waals surface area contributed by atoms with Gasteiger partial charge in [0.1, 0.15) is 17.3 Å². The number of halogens is 3. The van der Waals surface area contributed by atoms with E-state index >= 15 is 0 Å². The smallest absolute Gasteiger partial charge is 0.200 e. The molecule has 0 fully saturated rings. The molecule has 2 atom stereocenters. The average molecular weight is 366 g/mol. The van der Waals surface area contributed by atoms with Gasteiger partial charge < -0.3 is 9.84 Å². The first kappa shape index (κ1) is 23.4. The fraction of sp³-hybridized carbons (Fsp3) is 0.333. The van der Waals surface area contributed by atoms with Crippen LogP contribution in [0, 0.1) is 23.7 Å². The lowest BCUT2D eigenvalue weighted by Crippen LogP contribution is -2.03. The second-order valence-corrected chi connectivity index (χ2v) is 5.89. The van der Waals surface area contributed by atoms with Crippen LogP contribution in [0.15, 0.2) is 72.5 Å². The first-order valence-electron chi connectivity index (χ1n) is 7.94. The van der Waals surface area contributed by atoms with Crippen molar-refractivity contribution < 1.29 is 23.0 Å². The van der Waals surface area contributed by atoms with Crippen LogP contribution in [-0.2, 0) is 4.74 Å². The molecule has 5 heteroatoms. The maximum Gasteiger partial charge on any atom is 0.200 e. The molecule has 0 aromatic heterocycles. The molecule has 0 bridgehead atoms. The summed E-state index contributed by atoms with van der Waals surface area (Å²) in [5.41, 5.74) is -0.0562. The quantitative estimate of drug-likeness (QED) is 0.291. The van der Waals surface area contributed by atoms with Crippen molar-refractivity contribution in [1.29, 1.82) is 0 Å². The summed E-state index contributed by atoms with van der Waals surface area (Å²) in [5.74, 6) is 0.725. The van der Waals surface area contributed by atoms with E-state index in [0.717, 1.165) is 0 Å². The zero-order valence-electron chi connectivity index (χ0n) is 15.5. The van der Waals surface area contributed by atoms with Crippen molar-refractivity contribution >= 4 is 0 Å². The lowest BCUT2D eigenvalue weighted by atomic mass is 9.92. The Bertz CT molecular complexity index is 703. The normalized spacial score (nSPS) is 14.3. The van der Waals surface area contributed by atoms with Gasteiger partial charge in [-0.25, -0.2) is 8.78 Å². The molecule has 0 aromatic rings. The van der Waals surface area contributed by atoms with Crippen LogP contribution in [0.1, 0.15) is 26.7 Å².